The molecule has 7 nitrogen and oxygen atoms in total. The van der Waals surface area contributed by atoms with Gasteiger partial charge in [-0.3, -0.25) is 0 Å². The molecule has 0 fully saturated rings. The predicted molar refractivity (Wildman–Crippen MR) is 94.5 cm³/mol. The van der Waals surface area contributed by atoms with Gasteiger partial charge in [0.2, 0.25) is 20.0 Å². The summed E-state index contributed by atoms with van der Waals surface area (Å²) in [5.74, 6) is -0.524. The summed E-state index contributed by atoms with van der Waals surface area (Å²) in [7, 11) is -4.67. The number of sulfonamides is 2. The van der Waals surface area contributed by atoms with Crippen LogP contribution in [0.4, 0.5) is 0 Å². The third kappa shape index (κ3) is 4.31. The fraction of sp³-hybridized carbons (Fsp3) is 0.200. The molecule has 2 N–H and O–H groups in total. The lowest BCUT2D eigenvalue weighted by Gasteiger charge is -2.12. The molecule has 0 aliphatic rings. The first kappa shape index (κ1) is 19.7. The summed E-state index contributed by atoms with van der Waals surface area (Å²) in [6.45, 7) is -0.0728. The van der Waals surface area contributed by atoms with Gasteiger partial charge in [0, 0.05) is 20.6 Å². The van der Waals surface area contributed by atoms with Crippen molar-refractivity contribution in [2.75, 3.05) is 14.1 Å². The van der Waals surface area contributed by atoms with Crippen LogP contribution in [0.25, 0.3) is 0 Å². The van der Waals surface area contributed by atoms with Gasteiger partial charge in [-0.05, 0) is 29.8 Å². The third-order valence-electron chi connectivity index (χ3n) is 3.41. The molecule has 0 saturated carbocycles. The SMILES string of the molecule is CN(C)S(=O)(=O)c1ccc(CNS(=O)(=O)c2cccc(Cl)c2O)cc1. The molecule has 0 amide bonds. The van der Waals surface area contributed by atoms with Gasteiger partial charge in [0.1, 0.15) is 4.90 Å². The first-order valence-corrected chi connectivity index (χ1v) is 10.3. The van der Waals surface area contributed by atoms with Gasteiger partial charge < -0.3 is 5.11 Å². The number of hydrogen-bond acceptors (Lipinski definition) is 5. The lowest BCUT2D eigenvalue weighted by atomic mass is 10.2. The van der Waals surface area contributed by atoms with Crippen molar-refractivity contribution in [3.63, 3.8) is 0 Å². The Labute approximate surface area is 152 Å². The Bertz CT molecular complexity index is 971. The second kappa shape index (κ2) is 7.30. The standard InChI is InChI=1S/C15H17ClN2O5S2/c1-18(2)25(22,23)12-8-6-11(7-9-12)10-17-24(20,21)14-5-3-4-13(16)15(14)19/h3-9,17,19H,10H2,1-2H3. The normalized spacial score (nSPS) is 12.5. The minimum Gasteiger partial charge on any atom is -0.505 e. The summed E-state index contributed by atoms with van der Waals surface area (Å²) >= 11 is 5.72. The Kier molecular flexibility index (Phi) is 5.75. The number of phenolic OH excluding ortho intramolecular Hbond substituents is 1. The maximum Gasteiger partial charge on any atom is 0.244 e. The van der Waals surface area contributed by atoms with E-state index < -0.39 is 25.8 Å². The molecule has 25 heavy (non-hydrogen) atoms. The minimum atomic E-state index is -3.97. The van der Waals surface area contributed by atoms with Crippen LogP contribution in [0.2, 0.25) is 5.02 Å². The minimum absolute atomic E-state index is 0.0684. The molecular formula is C15H17ClN2O5S2. The summed E-state index contributed by atoms with van der Waals surface area (Å²) in [6.07, 6.45) is 0. The molecule has 0 aliphatic heterocycles. The number of halogens is 1. The third-order valence-corrected chi connectivity index (χ3v) is 6.97. The van der Waals surface area contributed by atoms with Crippen molar-refractivity contribution in [3.8, 4) is 5.75 Å². The first-order valence-electron chi connectivity index (χ1n) is 7.04. The zero-order valence-corrected chi connectivity index (χ0v) is 15.9. The number of nitrogens with one attached hydrogen (secondary N) is 1. The van der Waals surface area contributed by atoms with Crippen LogP contribution in [-0.2, 0) is 26.6 Å². The second-order valence-corrected chi connectivity index (χ2v) is 9.64. The Morgan fingerprint density at radius 1 is 1.04 bits per heavy atom. The number of phenols is 1. The van der Waals surface area contributed by atoms with Crippen LogP contribution in [0.3, 0.4) is 0 Å². The first-order chi connectivity index (χ1) is 11.6. The highest BCUT2D eigenvalue weighted by atomic mass is 35.5. The van der Waals surface area contributed by atoms with E-state index in [0.29, 0.717) is 5.56 Å². The second-order valence-electron chi connectivity index (χ2n) is 5.34. The fourth-order valence-electron chi connectivity index (χ4n) is 1.96. The van der Waals surface area contributed by atoms with Gasteiger partial charge in [-0.15, -0.1) is 0 Å². The van der Waals surface area contributed by atoms with Crippen LogP contribution in [0.5, 0.6) is 5.75 Å². The smallest absolute Gasteiger partial charge is 0.244 e. The molecule has 2 aromatic rings. The van der Waals surface area contributed by atoms with E-state index >= 15 is 0 Å². The maximum absolute atomic E-state index is 12.3. The van der Waals surface area contributed by atoms with Crippen molar-refractivity contribution < 1.29 is 21.9 Å². The zero-order valence-electron chi connectivity index (χ0n) is 13.5. The van der Waals surface area contributed by atoms with Gasteiger partial charge >= 0.3 is 0 Å². The summed E-state index contributed by atoms with van der Waals surface area (Å²) in [4.78, 5) is -0.219. The van der Waals surface area contributed by atoms with Gasteiger partial charge in [-0.2, -0.15) is 0 Å². The van der Waals surface area contributed by atoms with Gasteiger partial charge in [0.05, 0.1) is 9.92 Å². The van der Waals surface area contributed by atoms with Crippen molar-refractivity contribution in [1.82, 2.24) is 9.03 Å². The number of hydrogen-bond donors (Lipinski definition) is 2. The zero-order chi connectivity index (χ0) is 18.8. The van der Waals surface area contributed by atoms with Crippen molar-refractivity contribution in [3.05, 3.63) is 53.1 Å². The van der Waals surface area contributed by atoms with Gasteiger partial charge in [-0.1, -0.05) is 29.8 Å². The molecule has 0 aliphatic carbocycles. The van der Waals surface area contributed by atoms with Crippen LogP contribution in [0.15, 0.2) is 52.3 Å². The number of aromatic hydroxyl groups is 1. The molecular weight excluding hydrogens is 388 g/mol. The topological polar surface area (TPSA) is 104 Å². The lowest BCUT2D eigenvalue weighted by molar-refractivity contribution is 0.458. The quantitative estimate of drug-likeness (QED) is 0.763. The molecule has 0 heterocycles. The predicted octanol–water partition coefficient (Wildman–Crippen LogP) is 1.77. The van der Waals surface area contributed by atoms with Crippen molar-refractivity contribution >= 4 is 31.6 Å². The molecule has 0 radical (unpaired) electrons. The van der Waals surface area contributed by atoms with Gasteiger partial charge in [0.25, 0.3) is 0 Å². The highest BCUT2D eigenvalue weighted by molar-refractivity contribution is 7.89. The molecule has 0 spiro atoms. The summed E-state index contributed by atoms with van der Waals surface area (Å²) in [5, 5.41) is 9.72. The van der Waals surface area contributed by atoms with Crippen LogP contribution in [0.1, 0.15) is 5.56 Å². The van der Waals surface area contributed by atoms with Gasteiger partial charge in [-0.25, -0.2) is 25.9 Å². The Balaban J connectivity index is 2.17. The van der Waals surface area contributed by atoms with Crippen molar-refractivity contribution in [2.24, 2.45) is 0 Å². The highest BCUT2D eigenvalue weighted by Gasteiger charge is 2.20. The van der Waals surface area contributed by atoms with Crippen LogP contribution < -0.4 is 4.72 Å². The molecule has 0 saturated heterocycles. The summed E-state index contributed by atoms with van der Waals surface area (Å²) in [6, 6.07) is 9.84. The number of benzene rings is 2. The van der Waals surface area contributed by atoms with Crippen molar-refractivity contribution in [2.45, 2.75) is 16.3 Å². The average Bonchev–Trinajstić information content (AvgIpc) is 2.55. The fourth-order valence-corrected chi connectivity index (χ4v) is 4.23. The van der Waals surface area contributed by atoms with E-state index in [2.05, 4.69) is 4.72 Å². The molecule has 136 valence electrons. The summed E-state index contributed by atoms with van der Waals surface area (Å²) in [5.41, 5.74) is 0.558. The lowest BCUT2D eigenvalue weighted by Crippen LogP contribution is -2.24. The Hall–Kier alpha value is -1.65. The number of rotatable bonds is 6. The Morgan fingerprint density at radius 2 is 1.64 bits per heavy atom. The van der Waals surface area contributed by atoms with E-state index in [1.54, 1.807) is 0 Å². The average molecular weight is 405 g/mol. The molecule has 2 aromatic carbocycles. The molecule has 2 rings (SSSR count). The monoisotopic (exact) mass is 404 g/mol. The van der Waals surface area contributed by atoms with Gasteiger partial charge in [0.15, 0.2) is 5.75 Å². The van der Waals surface area contributed by atoms with E-state index in [1.807, 2.05) is 0 Å². The molecule has 10 heteroatoms. The number of para-hydroxylation sites is 1. The molecule has 0 aromatic heterocycles. The number of nitrogens with zero attached hydrogens (tertiary/aromatic N) is 1. The van der Waals surface area contributed by atoms with Crippen LogP contribution in [0, 0.1) is 0 Å². The van der Waals surface area contributed by atoms with E-state index in [4.69, 9.17) is 11.6 Å². The van der Waals surface area contributed by atoms with E-state index in [0.717, 1.165) is 4.31 Å². The summed E-state index contributed by atoms with van der Waals surface area (Å²) < 4.78 is 51.9. The van der Waals surface area contributed by atoms with E-state index in [1.165, 1.54) is 56.6 Å². The largest absolute Gasteiger partial charge is 0.505 e. The molecule has 0 bridgehead atoms. The molecule has 0 unspecified atom stereocenters. The molecule has 0 atom stereocenters. The van der Waals surface area contributed by atoms with E-state index in [9.17, 15) is 21.9 Å². The van der Waals surface area contributed by atoms with Crippen molar-refractivity contribution in [1.29, 1.82) is 0 Å². The van der Waals surface area contributed by atoms with Crippen LogP contribution in [-0.4, -0.2) is 40.3 Å². The highest BCUT2D eigenvalue weighted by Crippen LogP contribution is 2.30. The Morgan fingerprint density at radius 3 is 2.20 bits per heavy atom. The van der Waals surface area contributed by atoms with E-state index in [-0.39, 0.29) is 21.4 Å². The maximum atomic E-state index is 12.3. The van der Waals surface area contributed by atoms with Crippen LogP contribution >= 0.6 is 11.6 Å².